The molecule has 0 heterocycles. The molecule has 0 spiro atoms. The summed E-state index contributed by atoms with van der Waals surface area (Å²) in [5.41, 5.74) is 5.68. The van der Waals surface area contributed by atoms with Crippen LogP contribution in [0.2, 0.25) is 0 Å². The summed E-state index contributed by atoms with van der Waals surface area (Å²) in [6.07, 6.45) is -1.39. The fourth-order valence-electron chi connectivity index (χ4n) is 2.34. The van der Waals surface area contributed by atoms with Crippen molar-refractivity contribution in [3.8, 4) is 0 Å². The second-order valence-electron chi connectivity index (χ2n) is 6.77. The molecule has 0 aromatic carbocycles. The second-order valence-corrected chi connectivity index (χ2v) is 7.76. The lowest BCUT2D eigenvalue weighted by Gasteiger charge is -2.24. The third kappa shape index (κ3) is 10.9. The highest BCUT2D eigenvalue weighted by Gasteiger charge is 2.33. The Balaban J connectivity index is 5.49. The van der Waals surface area contributed by atoms with E-state index in [9.17, 15) is 33.9 Å². The van der Waals surface area contributed by atoms with E-state index in [1.54, 1.807) is 6.26 Å². The summed E-state index contributed by atoms with van der Waals surface area (Å²) in [4.78, 5) is 70.3. The summed E-state index contributed by atoms with van der Waals surface area (Å²) in [7, 11) is 0. The fourth-order valence-corrected chi connectivity index (χ4v) is 2.83. The Bertz CT molecular complexity index is 717. The number of hydrogen-bond acceptors (Lipinski definition) is 9. The minimum absolute atomic E-state index is 0.244. The van der Waals surface area contributed by atoms with E-state index >= 15 is 0 Å². The van der Waals surface area contributed by atoms with Crippen molar-refractivity contribution in [1.29, 1.82) is 0 Å². The van der Waals surface area contributed by atoms with Gasteiger partial charge in [-0.25, -0.2) is 4.79 Å². The van der Waals surface area contributed by atoms with Gasteiger partial charge in [-0.15, -0.1) is 0 Å². The van der Waals surface area contributed by atoms with Crippen LogP contribution in [0.5, 0.6) is 0 Å². The highest BCUT2D eigenvalue weighted by atomic mass is 32.2. The van der Waals surface area contributed by atoms with Gasteiger partial charge in [-0.05, 0) is 25.4 Å². The molecule has 0 rings (SSSR count). The van der Waals surface area contributed by atoms with E-state index in [1.807, 2.05) is 10.6 Å². The normalized spacial score (nSPS) is 15.4. The molecule has 0 fully saturated rings. The molecule has 0 saturated heterocycles. The number of rotatable bonds is 15. The van der Waals surface area contributed by atoms with Crippen LogP contribution in [-0.4, -0.2) is 98.3 Å². The molecule has 182 valence electrons. The lowest BCUT2D eigenvalue weighted by atomic mass is 10.1. The van der Waals surface area contributed by atoms with Crippen LogP contribution < -0.4 is 21.7 Å². The van der Waals surface area contributed by atoms with Gasteiger partial charge in [-0.1, -0.05) is 0 Å². The smallest absolute Gasteiger partial charge is 0.328 e. The molecule has 0 aromatic heterocycles. The Hall–Kier alpha value is -2.91. The number of aliphatic hydroxyl groups excluding tert-OH is 1. The van der Waals surface area contributed by atoms with Crippen molar-refractivity contribution in [2.75, 3.05) is 12.0 Å². The first kappa shape index (κ1) is 29.1. The van der Waals surface area contributed by atoms with E-state index in [0.717, 1.165) is 6.92 Å². The average Bonchev–Trinajstić information content (AvgIpc) is 2.67. The highest BCUT2D eigenvalue weighted by Crippen LogP contribution is 2.03. The molecular formula is C17H28N4O10S. The number of amides is 3. The lowest BCUT2D eigenvalue weighted by Crippen LogP contribution is -2.59. The molecular weight excluding hydrogens is 452 g/mol. The lowest BCUT2D eigenvalue weighted by molar-refractivity contribution is -0.146. The molecule has 0 bridgehead atoms. The van der Waals surface area contributed by atoms with E-state index in [2.05, 4.69) is 5.32 Å². The average molecular weight is 480 g/mol. The molecule has 5 atom stereocenters. The Morgan fingerprint density at radius 1 is 0.844 bits per heavy atom. The number of carbonyl (C=O) groups is 6. The molecule has 0 aromatic rings. The summed E-state index contributed by atoms with van der Waals surface area (Å²) >= 11 is 1.42. The number of aliphatic hydroxyl groups is 1. The van der Waals surface area contributed by atoms with Crippen LogP contribution in [0, 0.1) is 0 Å². The van der Waals surface area contributed by atoms with Gasteiger partial charge in [0.2, 0.25) is 17.7 Å². The number of hydrogen-bond donors (Lipinski definition) is 8. The zero-order valence-corrected chi connectivity index (χ0v) is 18.3. The Labute approximate surface area is 187 Å². The monoisotopic (exact) mass is 480 g/mol. The number of nitrogens with two attached hydrogens (primary N) is 1. The van der Waals surface area contributed by atoms with Crippen molar-refractivity contribution < 1.29 is 49.2 Å². The van der Waals surface area contributed by atoms with Crippen LogP contribution in [-0.2, 0) is 28.8 Å². The number of carbonyl (C=O) groups excluding carboxylic acids is 3. The maximum absolute atomic E-state index is 12.5. The van der Waals surface area contributed by atoms with Gasteiger partial charge >= 0.3 is 17.9 Å². The first-order chi connectivity index (χ1) is 14.8. The highest BCUT2D eigenvalue weighted by molar-refractivity contribution is 7.98. The van der Waals surface area contributed by atoms with Gasteiger partial charge in [-0.2, -0.15) is 11.8 Å². The van der Waals surface area contributed by atoms with Gasteiger partial charge in [0.15, 0.2) is 6.04 Å². The van der Waals surface area contributed by atoms with Gasteiger partial charge in [0.05, 0.1) is 25.0 Å². The zero-order valence-electron chi connectivity index (χ0n) is 17.4. The molecule has 3 amide bonds. The van der Waals surface area contributed by atoms with Gasteiger partial charge in [0.1, 0.15) is 12.1 Å². The van der Waals surface area contributed by atoms with Gasteiger partial charge in [0, 0.05) is 0 Å². The van der Waals surface area contributed by atoms with Crippen LogP contribution in [0.4, 0.5) is 0 Å². The predicted octanol–water partition coefficient (Wildman–Crippen LogP) is -3.06. The zero-order chi connectivity index (χ0) is 25.0. The number of thioether (sulfide) groups is 1. The van der Waals surface area contributed by atoms with Gasteiger partial charge in [0.25, 0.3) is 0 Å². The van der Waals surface area contributed by atoms with Crippen molar-refractivity contribution in [1.82, 2.24) is 16.0 Å². The Morgan fingerprint density at radius 2 is 1.28 bits per heavy atom. The van der Waals surface area contributed by atoms with E-state index in [4.69, 9.17) is 21.1 Å². The number of carboxylic acid groups (broad SMARTS) is 3. The third-order valence-corrected chi connectivity index (χ3v) is 4.68. The quantitative estimate of drug-likeness (QED) is 0.116. The molecule has 0 radical (unpaired) electrons. The maximum Gasteiger partial charge on any atom is 0.328 e. The molecule has 32 heavy (non-hydrogen) atoms. The topological polar surface area (TPSA) is 245 Å². The van der Waals surface area contributed by atoms with Crippen molar-refractivity contribution in [3.63, 3.8) is 0 Å². The SMILES string of the molecule is CSCCC(N)C(=O)NC(CC(=O)O)C(=O)NC(CC(=O)O)C(=O)NC(C(=O)O)C(C)O. The van der Waals surface area contributed by atoms with Crippen molar-refractivity contribution in [2.45, 2.75) is 56.5 Å². The van der Waals surface area contributed by atoms with Crippen molar-refractivity contribution >= 4 is 47.4 Å². The molecule has 0 aliphatic heterocycles. The molecule has 15 heteroatoms. The number of carboxylic acids is 3. The van der Waals surface area contributed by atoms with E-state index in [1.165, 1.54) is 11.8 Å². The molecule has 9 N–H and O–H groups in total. The molecule has 0 saturated carbocycles. The summed E-state index contributed by atoms with van der Waals surface area (Å²) in [6.45, 7) is 1.07. The summed E-state index contributed by atoms with van der Waals surface area (Å²) < 4.78 is 0. The summed E-state index contributed by atoms with van der Waals surface area (Å²) in [5.74, 6) is -7.34. The van der Waals surface area contributed by atoms with Gasteiger partial charge in [-0.3, -0.25) is 24.0 Å². The molecule has 14 nitrogen and oxygen atoms in total. The van der Waals surface area contributed by atoms with Crippen LogP contribution in [0.3, 0.4) is 0 Å². The van der Waals surface area contributed by atoms with Crippen LogP contribution in [0.15, 0.2) is 0 Å². The van der Waals surface area contributed by atoms with Gasteiger partial charge < -0.3 is 42.1 Å². The predicted molar refractivity (Wildman–Crippen MR) is 111 cm³/mol. The standard InChI is InChI=1S/C17H28N4O10S/c1-7(22)13(17(30)31)21-16(29)10(6-12(25)26)20-15(28)9(5-11(23)24)19-14(27)8(18)3-4-32-2/h7-10,13,22H,3-6,18H2,1-2H3,(H,19,27)(H,20,28)(H,21,29)(H,23,24)(H,25,26)(H,30,31). The Morgan fingerprint density at radius 3 is 1.66 bits per heavy atom. The van der Waals surface area contributed by atoms with Crippen LogP contribution >= 0.6 is 11.8 Å². The molecule has 0 aliphatic carbocycles. The molecule has 0 aliphatic rings. The largest absolute Gasteiger partial charge is 0.481 e. The number of aliphatic carboxylic acids is 3. The van der Waals surface area contributed by atoms with E-state index < -0.39 is 78.7 Å². The first-order valence-corrected chi connectivity index (χ1v) is 10.7. The second kappa shape index (κ2) is 14.2. The minimum Gasteiger partial charge on any atom is -0.481 e. The summed E-state index contributed by atoms with van der Waals surface area (Å²) in [6, 6.07) is -6.33. The minimum atomic E-state index is -1.82. The Kier molecular flexibility index (Phi) is 12.9. The first-order valence-electron chi connectivity index (χ1n) is 9.30. The van der Waals surface area contributed by atoms with Crippen molar-refractivity contribution in [2.24, 2.45) is 5.73 Å². The third-order valence-electron chi connectivity index (χ3n) is 4.04. The maximum atomic E-state index is 12.5. The summed E-state index contributed by atoms with van der Waals surface area (Å²) in [5, 5.41) is 42.6. The van der Waals surface area contributed by atoms with Crippen LogP contribution in [0.1, 0.15) is 26.2 Å². The van der Waals surface area contributed by atoms with Crippen LogP contribution in [0.25, 0.3) is 0 Å². The fraction of sp³-hybridized carbons (Fsp3) is 0.647. The van der Waals surface area contributed by atoms with E-state index in [0.29, 0.717) is 5.75 Å². The molecule has 5 unspecified atom stereocenters. The van der Waals surface area contributed by atoms with E-state index in [-0.39, 0.29) is 6.42 Å². The van der Waals surface area contributed by atoms with Crippen molar-refractivity contribution in [3.05, 3.63) is 0 Å². The number of nitrogens with one attached hydrogen (secondary N) is 3.